The molecule has 204 valence electrons. The van der Waals surface area contributed by atoms with E-state index in [-0.39, 0.29) is 11.2 Å². The third-order valence-electron chi connectivity index (χ3n) is 7.68. The average molecular weight is 617 g/mol. The molecule has 1 aliphatic carbocycles. The van der Waals surface area contributed by atoms with Crippen molar-refractivity contribution in [1.29, 1.82) is 5.26 Å². The van der Waals surface area contributed by atoms with Crippen molar-refractivity contribution < 1.29 is 9.53 Å². The van der Waals surface area contributed by atoms with Gasteiger partial charge in [-0.2, -0.15) is 5.26 Å². The van der Waals surface area contributed by atoms with Gasteiger partial charge in [-0.25, -0.2) is 0 Å². The fourth-order valence-electron chi connectivity index (χ4n) is 5.81. The number of anilines is 1. The van der Waals surface area contributed by atoms with Crippen LogP contribution in [-0.4, -0.2) is 5.78 Å². The topological polar surface area (TPSA) is 79.3 Å². The highest BCUT2D eigenvalue weighted by atomic mass is 79.9. The molecular weight excluding hydrogens is 586 g/mol. The molecule has 5 nitrogen and oxygen atoms in total. The minimum atomic E-state index is -0.551. The maximum Gasteiger partial charge on any atom is 0.162 e. The summed E-state index contributed by atoms with van der Waals surface area (Å²) in [6.45, 7) is 8.60. The van der Waals surface area contributed by atoms with Gasteiger partial charge in [-0.15, -0.1) is 0 Å². The Bertz CT molecular complexity index is 1600. The van der Waals surface area contributed by atoms with Crippen molar-refractivity contribution in [3.05, 3.63) is 115 Å². The van der Waals surface area contributed by atoms with Crippen molar-refractivity contribution >= 4 is 39.0 Å². The van der Waals surface area contributed by atoms with E-state index in [4.69, 9.17) is 22.1 Å². The smallest absolute Gasteiger partial charge is 0.162 e. The Morgan fingerprint density at radius 2 is 1.77 bits per heavy atom. The number of nitrogens with two attached hydrogens (primary N) is 1. The lowest BCUT2D eigenvalue weighted by atomic mass is 9.68. The summed E-state index contributed by atoms with van der Waals surface area (Å²) < 4.78 is 7.02. The van der Waals surface area contributed by atoms with E-state index in [1.165, 1.54) is 0 Å². The molecule has 40 heavy (non-hydrogen) atoms. The van der Waals surface area contributed by atoms with Crippen molar-refractivity contribution in [3.63, 3.8) is 0 Å². The number of nitrogens with zero attached hydrogens (tertiary/aromatic N) is 2. The highest BCUT2D eigenvalue weighted by Crippen LogP contribution is 2.51. The molecule has 0 spiro atoms. The molecule has 1 atom stereocenters. The molecule has 2 aliphatic rings. The highest BCUT2D eigenvalue weighted by Gasteiger charge is 2.45. The molecule has 1 unspecified atom stereocenters. The van der Waals surface area contributed by atoms with Crippen molar-refractivity contribution in [2.45, 2.75) is 53.1 Å². The first-order valence-electron chi connectivity index (χ1n) is 13.2. The first kappa shape index (κ1) is 28.0. The highest BCUT2D eigenvalue weighted by molar-refractivity contribution is 9.10. The molecule has 0 amide bonds. The first-order chi connectivity index (χ1) is 19.0. The minimum absolute atomic E-state index is 0.0542. The van der Waals surface area contributed by atoms with Crippen LogP contribution in [-0.2, 0) is 11.4 Å². The number of aryl methyl sites for hydroxylation is 1. The summed E-state index contributed by atoms with van der Waals surface area (Å²) in [5.74, 6) is 0.577. The maximum absolute atomic E-state index is 13.9. The van der Waals surface area contributed by atoms with E-state index in [0.29, 0.717) is 47.2 Å². The third-order valence-corrected chi connectivity index (χ3v) is 8.47. The number of hydrogen-bond donors (Lipinski definition) is 1. The van der Waals surface area contributed by atoms with E-state index in [0.717, 1.165) is 38.1 Å². The van der Waals surface area contributed by atoms with Gasteiger partial charge in [0.15, 0.2) is 5.78 Å². The molecule has 2 N–H and O–H groups in total. The molecule has 3 aromatic rings. The predicted molar refractivity (Wildman–Crippen MR) is 163 cm³/mol. The van der Waals surface area contributed by atoms with Gasteiger partial charge < -0.3 is 10.5 Å². The zero-order valence-corrected chi connectivity index (χ0v) is 25.4. The fraction of sp³-hybridized carbons (Fsp3) is 0.273. The summed E-state index contributed by atoms with van der Waals surface area (Å²) in [6, 6.07) is 21.6. The Hall–Kier alpha value is -3.53. The van der Waals surface area contributed by atoms with Gasteiger partial charge in [-0.1, -0.05) is 59.1 Å². The monoisotopic (exact) mass is 615 g/mol. The summed E-state index contributed by atoms with van der Waals surface area (Å²) in [6.07, 6.45) is 1.07. The number of rotatable bonds is 5. The van der Waals surface area contributed by atoms with E-state index in [9.17, 15) is 10.1 Å². The van der Waals surface area contributed by atoms with Crippen LogP contribution in [0.2, 0.25) is 5.02 Å². The molecule has 5 rings (SSSR count). The van der Waals surface area contributed by atoms with Crippen LogP contribution >= 0.6 is 27.5 Å². The van der Waals surface area contributed by atoms with Gasteiger partial charge in [0, 0.05) is 32.9 Å². The first-order valence-corrected chi connectivity index (χ1v) is 14.4. The number of Topliss-reactive ketones (excluding diaryl/α,β-unsaturated/α-hetero) is 1. The number of benzene rings is 3. The molecule has 0 saturated heterocycles. The van der Waals surface area contributed by atoms with Gasteiger partial charge in [-0.05, 0) is 90.9 Å². The van der Waals surface area contributed by atoms with E-state index in [1.807, 2.05) is 55.1 Å². The fourth-order valence-corrected chi connectivity index (χ4v) is 6.20. The second kappa shape index (κ2) is 10.8. The minimum Gasteiger partial charge on any atom is -0.489 e. The van der Waals surface area contributed by atoms with Crippen molar-refractivity contribution in [2.75, 3.05) is 4.90 Å². The predicted octanol–water partition coefficient (Wildman–Crippen LogP) is 8.24. The van der Waals surface area contributed by atoms with Gasteiger partial charge in [0.2, 0.25) is 0 Å². The van der Waals surface area contributed by atoms with Crippen LogP contribution in [0.25, 0.3) is 0 Å². The number of allylic oxidation sites excluding steroid dienone is 3. The zero-order chi connectivity index (χ0) is 28.8. The van der Waals surface area contributed by atoms with Gasteiger partial charge in [0.25, 0.3) is 0 Å². The Kier molecular flexibility index (Phi) is 7.56. The second-order valence-corrected chi connectivity index (χ2v) is 12.7. The second-order valence-electron chi connectivity index (χ2n) is 11.3. The average Bonchev–Trinajstić information content (AvgIpc) is 2.89. The molecular formula is C33H31BrClN3O2. The summed E-state index contributed by atoms with van der Waals surface area (Å²) in [4.78, 5) is 15.9. The Morgan fingerprint density at radius 1 is 1.10 bits per heavy atom. The molecule has 1 aliphatic heterocycles. The normalized spacial score (nSPS) is 18.5. The number of ketones is 1. The molecule has 3 aromatic carbocycles. The van der Waals surface area contributed by atoms with Crippen LogP contribution in [0.5, 0.6) is 5.75 Å². The van der Waals surface area contributed by atoms with Crippen LogP contribution in [0.1, 0.15) is 54.9 Å². The molecule has 0 aromatic heterocycles. The van der Waals surface area contributed by atoms with Gasteiger partial charge in [0.1, 0.15) is 18.2 Å². The number of hydrogen-bond acceptors (Lipinski definition) is 5. The van der Waals surface area contributed by atoms with Crippen LogP contribution < -0.4 is 15.4 Å². The molecule has 1 heterocycles. The Balaban J connectivity index is 1.66. The third kappa shape index (κ3) is 5.29. The molecule has 0 radical (unpaired) electrons. The van der Waals surface area contributed by atoms with Gasteiger partial charge >= 0.3 is 0 Å². The SMILES string of the molecule is Cc1cc(COc2ccc(Cl)cc2)c(C)c(C2C(C#N)=C(N)N(c3ccc(Br)cc3)C3=C2C(=O)CC(C)(C)C3)c1. The lowest BCUT2D eigenvalue weighted by Crippen LogP contribution is -2.42. The number of nitriles is 1. The van der Waals surface area contributed by atoms with E-state index in [1.54, 1.807) is 12.1 Å². The van der Waals surface area contributed by atoms with Gasteiger partial charge in [-0.3, -0.25) is 9.69 Å². The standard InChI is InChI=1S/C33H31BrClN3O2/c1-19-13-21(18-40-25-11-7-23(35)8-12-25)20(2)26(14-19)30-27(17-36)32(37)38(24-9-5-22(34)6-10-24)28-15-33(3,4)16-29(39)31(28)30/h5-14,30H,15-16,18,37H2,1-4H3. The van der Waals surface area contributed by atoms with Crippen LogP contribution in [0.15, 0.2) is 87.8 Å². The quantitative estimate of drug-likeness (QED) is 0.312. The lowest BCUT2D eigenvalue weighted by molar-refractivity contribution is -0.118. The molecule has 7 heteroatoms. The Labute approximate surface area is 249 Å². The lowest BCUT2D eigenvalue weighted by Gasteiger charge is -2.44. The van der Waals surface area contributed by atoms with E-state index < -0.39 is 5.92 Å². The van der Waals surface area contributed by atoms with Crippen molar-refractivity contribution in [1.82, 2.24) is 0 Å². The number of ether oxygens (including phenoxy) is 1. The van der Waals surface area contributed by atoms with Crippen molar-refractivity contribution in [3.8, 4) is 11.8 Å². The van der Waals surface area contributed by atoms with Crippen LogP contribution in [0.4, 0.5) is 5.69 Å². The number of halogens is 2. The summed E-state index contributed by atoms with van der Waals surface area (Å²) >= 11 is 9.53. The zero-order valence-electron chi connectivity index (χ0n) is 23.0. The van der Waals surface area contributed by atoms with E-state index >= 15 is 0 Å². The number of carbonyl (C=O) groups excluding carboxylic acids is 1. The van der Waals surface area contributed by atoms with Crippen LogP contribution in [0, 0.1) is 30.6 Å². The Morgan fingerprint density at radius 3 is 2.42 bits per heavy atom. The summed E-state index contributed by atoms with van der Waals surface area (Å²) in [5.41, 5.74) is 13.2. The molecule has 0 saturated carbocycles. The largest absolute Gasteiger partial charge is 0.489 e. The number of carbonyl (C=O) groups is 1. The van der Waals surface area contributed by atoms with Crippen molar-refractivity contribution in [2.24, 2.45) is 11.1 Å². The summed E-state index contributed by atoms with van der Waals surface area (Å²) in [7, 11) is 0. The van der Waals surface area contributed by atoms with E-state index in [2.05, 4.69) is 48.0 Å². The van der Waals surface area contributed by atoms with Gasteiger partial charge in [0.05, 0.1) is 17.6 Å². The summed E-state index contributed by atoms with van der Waals surface area (Å²) in [5, 5.41) is 11.1. The molecule has 0 bridgehead atoms. The maximum atomic E-state index is 13.9. The van der Waals surface area contributed by atoms with Crippen LogP contribution in [0.3, 0.4) is 0 Å². The molecule has 0 fully saturated rings.